The van der Waals surface area contributed by atoms with Gasteiger partial charge in [-0.05, 0) is 87.4 Å². The van der Waals surface area contributed by atoms with E-state index in [4.69, 9.17) is 23.8 Å². The van der Waals surface area contributed by atoms with Crippen LogP contribution in [0.25, 0.3) is 5.57 Å². The Hall–Kier alpha value is -3.42. The van der Waals surface area contributed by atoms with Crippen molar-refractivity contribution in [3.8, 4) is 0 Å². The van der Waals surface area contributed by atoms with Crippen molar-refractivity contribution in [3.63, 3.8) is 0 Å². The number of aryl methyl sites for hydroxylation is 1. The summed E-state index contributed by atoms with van der Waals surface area (Å²) in [4.78, 5) is 21.9. The molecule has 1 amide bonds. The third-order valence-electron chi connectivity index (χ3n) is 7.77. The Kier molecular flexibility index (Phi) is 7.40. The summed E-state index contributed by atoms with van der Waals surface area (Å²) in [6.07, 6.45) is 4.35. The number of allylic oxidation sites excluding steroid dienone is 1. The number of amides is 1. The van der Waals surface area contributed by atoms with Crippen LogP contribution in [0.15, 0.2) is 66.9 Å². The van der Waals surface area contributed by atoms with Gasteiger partial charge in [-0.15, -0.1) is 0 Å². The molecule has 1 saturated heterocycles. The first-order chi connectivity index (χ1) is 18.5. The third kappa shape index (κ3) is 5.38. The van der Waals surface area contributed by atoms with Crippen molar-refractivity contribution in [1.82, 2.24) is 15.2 Å². The summed E-state index contributed by atoms with van der Waals surface area (Å²) in [6.45, 7) is 8.99. The first-order valence-electron chi connectivity index (χ1n) is 13.2. The standard InChI is InChI=1S/C31H34ClN5OS/c1-19-9-11-21(12-10-19)34-27(38)13-15-37-29(28(35-30(37)39)25-8-6-7-14-33-25)23-16-22-20(2)18-31(3,4)36(5)26(22)17-24(23)32/h6-12,14,16-18,28-29H,13,15H2,1-5H3,(H,34,38)(H,35,39). The average Bonchev–Trinajstić information content (AvgIpc) is 3.23. The number of anilines is 2. The number of likely N-dealkylation sites (N-methyl/N-ethyl adjacent to an activating group) is 1. The van der Waals surface area contributed by atoms with Crippen molar-refractivity contribution in [1.29, 1.82) is 0 Å². The number of carbonyl (C=O) groups excluding carboxylic acids is 1. The van der Waals surface area contributed by atoms with Crippen molar-refractivity contribution in [2.75, 3.05) is 23.8 Å². The fraction of sp³-hybridized carbons (Fsp3) is 0.323. The van der Waals surface area contributed by atoms with E-state index in [0.29, 0.717) is 16.7 Å². The van der Waals surface area contributed by atoms with E-state index in [9.17, 15) is 4.79 Å². The topological polar surface area (TPSA) is 60.5 Å². The van der Waals surface area contributed by atoms with Gasteiger partial charge in [-0.25, -0.2) is 0 Å². The van der Waals surface area contributed by atoms with E-state index in [1.165, 1.54) is 5.57 Å². The van der Waals surface area contributed by atoms with Gasteiger partial charge in [0.05, 0.1) is 23.3 Å². The SMILES string of the molecule is CC1=CC(C)(C)N(C)c2cc(Cl)c(C3C(c4ccccn4)NC(=S)N3CCC(=O)Nc3ccc(C)cc3)cc21. The first kappa shape index (κ1) is 27.2. The van der Waals surface area contributed by atoms with Crippen molar-refractivity contribution in [2.45, 2.75) is 51.7 Å². The molecular formula is C31H34ClN5OS. The van der Waals surface area contributed by atoms with Gasteiger partial charge >= 0.3 is 0 Å². The molecule has 3 heterocycles. The number of hydrogen-bond acceptors (Lipinski definition) is 4. The van der Waals surface area contributed by atoms with E-state index in [1.807, 2.05) is 49.4 Å². The Morgan fingerprint density at radius 3 is 2.59 bits per heavy atom. The number of pyridine rings is 1. The van der Waals surface area contributed by atoms with Crippen LogP contribution >= 0.6 is 23.8 Å². The van der Waals surface area contributed by atoms with Crippen LogP contribution < -0.4 is 15.5 Å². The minimum absolute atomic E-state index is 0.0686. The molecule has 39 heavy (non-hydrogen) atoms. The van der Waals surface area contributed by atoms with E-state index in [1.54, 1.807) is 6.20 Å². The van der Waals surface area contributed by atoms with Crippen LogP contribution in [0.4, 0.5) is 11.4 Å². The zero-order valence-corrected chi connectivity index (χ0v) is 24.5. The Bertz CT molecular complexity index is 1440. The highest BCUT2D eigenvalue weighted by atomic mass is 35.5. The Balaban J connectivity index is 1.48. The number of hydrogen-bond donors (Lipinski definition) is 2. The van der Waals surface area contributed by atoms with Gasteiger partial charge < -0.3 is 20.4 Å². The van der Waals surface area contributed by atoms with Gasteiger partial charge in [0.2, 0.25) is 5.91 Å². The maximum absolute atomic E-state index is 12.9. The van der Waals surface area contributed by atoms with Gasteiger partial charge in [0.1, 0.15) is 0 Å². The van der Waals surface area contributed by atoms with Crippen LogP contribution in [0, 0.1) is 6.92 Å². The van der Waals surface area contributed by atoms with Gasteiger partial charge in [-0.1, -0.05) is 41.4 Å². The number of fused-ring (bicyclic) bond motifs is 1. The fourth-order valence-electron chi connectivity index (χ4n) is 5.48. The number of benzene rings is 2. The lowest BCUT2D eigenvalue weighted by Crippen LogP contribution is -2.42. The summed E-state index contributed by atoms with van der Waals surface area (Å²) in [5.74, 6) is -0.0686. The van der Waals surface area contributed by atoms with Gasteiger partial charge in [-0.3, -0.25) is 9.78 Å². The summed E-state index contributed by atoms with van der Waals surface area (Å²) in [7, 11) is 2.10. The van der Waals surface area contributed by atoms with Crippen LogP contribution in [-0.2, 0) is 4.79 Å². The van der Waals surface area contributed by atoms with Gasteiger partial charge in [0.15, 0.2) is 5.11 Å². The second-order valence-electron chi connectivity index (χ2n) is 10.9. The molecule has 0 bridgehead atoms. The highest BCUT2D eigenvalue weighted by molar-refractivity contribution is 7.80. The van der Waals surface area contributed by atoms with Crippen molar-refractivity contribution in [2.24, 2.45) is 0 Å². The number of nitrogens with one attached hydrogen (secondary N) is 2. The highest BCUT2D eigenvalue weighted by Gasteiger charge is 2.41. The maximum Gasteiger partial charge on any atom is 0.226 e. The lowest BCUT2D eigenvalue weighted by Gasteiger charge is -2.41. The molecule has 5 rings (SSSR count). The van der Waals surface area contributed by atoms with Crippen LogP contribution in [-0.4, -0.2) is 40.0 Å². The number of thiocarbonyl (C=S) groups is 1. The molecule has 202 valence electrons. The van der Waals surface area contributed by atoms with Crippen LogP contribution in [0.5, 0.6) is 0 Å². The molecule has 2 aliphatic heterocycles. The average molecular weight is 560 g/mol. The molecule has 0 saturated carbocycles. The third-order valence-corrected chi connectivity index (χ3v) is 8.45. The minimum atomic E-state index is -0.231. The largest absolute Gasteiger partial charge is 0.365 e. The van der Waals surface area contributed by atoms with Gasteiger partial charge in [-0.2, -0.15) is 0 Å². The summed E-state index contributed by atoms with van der Waals surface area (Å²) in [6, 6.07) is 17.5. The molecule has 1 fully saturated rings. The van der Waals surface area contributed by atoms with Gasteiger partial charge in [0.25, 0.3) is 0 Å². The summed E-state index contributed by atoms with van der Waals surface area (Å²) in [5.41, 5.74) is 7.08. The zero-order chi connectivity index (χ0) is 27.9. The number of rotatable bonds is 6. The van der Waals surface area contributed by atoms with E-state index in [-0.39, 0.29) is 30.0 Å². The van der Waals surface area contributed by atoms with Crippen LogP contribution in [0.1, 0.15) is 61.7 Å². The van der Waals surface area contributed by atoms with Gasteiger partial charge in [0, 0.05) is 48.2 Å². The molecule has 1 aromatic heterocycles. The molecule has 2 aromatic carbocycles. The lowest BCUT2D eigenvalue weighted by molar-refractivity contribution is -0.116. The second kappa shape index (κ2) is 10.6. The molecule has 2 unspecified atom stereocenters. The van der Waals surface area contributed by atoms with Crippen molar-refractivity contribution >= 4 is 51.8 Å². The molecule has 2 aliphatic rings. The maximum atomic E-state index is 12.9. The predicted octanol–water partition coefficient (Wildman–Crippen LogP) is 6.68. The number of aromatic nitrogens is 1. The van der Waals surface area contributed by atoms with E-state index < -0.39 is 0 Å². The minimum Gasteiger partial charge on any atom is -0.365 e. The number of nitrogens with zero attached hydrogens (tertiary/aromatic N) is 3. The molecule has 6 nitrogen and oxygen atoms in total. The monoisotopic (exact) mass is 559 g/mol. The molecule has 3 aromatic rings. The molecule has 2 N–H and O–H groups in total. The van der Waals surface area contributed by atoms with Crippen LogP contribution in [0.3, 0.4) is 0 Å². The molecular weight excluding hydrogens is 526 g/mol. The molecule has 2 atom stereocenters. The molecule has 8 heteroatoms. The van der Waals surface area contributed by atoms with E-state index in [0.717, 1.165) is 33.8 Å². The predicted molar refractivity (Wildman–Crippen MR) is 164 cm³/mol. The van der Waals surface area contributed by atoms with E-state index in [2.05, 4.69) is 71.4 Å². The normalized spacial score (nSPS) is 19.8. The summed E-state index contributed by atoms with van der Waals surface area (Å²) < 4.78 is 0. The lowest BCUT2D eigenvalue weighted by atomic mass is 9.86. The highest BCUT2D eigenvalue weighted by Crippen LogP contribution is 2.46. The smallest absolute Gasteiger partial charge is 0.226 e. The summed E-state index contributed by atoms with van der Waals surface area (Å²) >= 11 is 12.9. The summed E-state index contributed by atoms with van der Waals surface area (Å²) in [5, 5.41) is 7.71. The Labute approximate surface area is 241 Å². The molecule has 0 aliphatic carbocycles. The fourth-order valence-corrected chi connectivity index (χ4v) is 6.08. The van der Waals surface area contributed by atoms with Crippen molar-refractivity contribution in [3.05, 3.63) is 94.3 Å². The first-order valence-corrected chi connectivity index (χ1v) is 14.0. The number of carbonyl (C=O) groups is 1. The molecule has 0 spiro atoms. The second-order valence-corrected chi connectivity index (χ2v) is 11.7. The molecule has 0 radical (unpaired) electrons. The quantitative estimate of drug-likeness (QED) is 0.329. The zero-order valence-electron chi connectivity index (χ0n) is 23.0. The van der Waals surface area contributed by atoms with Crippen molar-refractivity contribution < 1.29 is 4.79 Å². The Morgan fingerprint density at radius 2 is 1.90 bits per heavy atom. The Morgan fingerprint density at radius 1 is 1.15 bits per heavy atom. The van der Waals surface area contributed by atoms with E-state index >= 15 is 0 Å². The van der Waals surface area contributed by atoms with Crippen LogP contribution in [0.2, 0.25) is 5.02 Å². The number of halogens is 1.